The van der Waals surface area contributed by atoms with Gasteiger partial charge in [-0.05, 0) is 33.6 Å². The van der Waals surface area contributed by atoms with Gasteiger partial charge in [0.25, 0.3) is 0 Å². The van der Waals surface area contributed by atoms with Gasteiger partial charge in [-0.2, -0.15) is 0 Å². The lowest BCUT2D eigenvalue weighted by atomic mass is 10.1. The van der Waals surface area contributed by atoms with E-state index in [4.69, 9.17) is 14.5 Å². The van der Waals surface area contributed by atoms with Gasteiger partial charge in [-0.3, -0.25) is 9.36 Å². The van der Waals surface area contributed by atoms with Gasteiger partial charge in [-0.1, -0.05) is 6.42 Å². The van der Waals surface area contributed by atoms with E-state index < -0.39 is 31.2 Å². The van der Waals surface area contributed by atoms with E-state index in [-0.39, 0.29) is 6.42 Å². The van der Waals surface area contributed by atoms with Gasteiger partial charge in [0, 0.05) is 13.0 Å². The van der Waals surface area contributed by atoms with Crippen LogP contribution in [0.2, 0.25) is 0 Å². The monoisotopic (exact) mass is 309 g/mol. The lowest BCUT2D eigenvalue weighted by molar-refractivity contribution is -0.117. The van der Waals surface area contributed by atoms with Crippen LogP contribution >= 0.6 is 7.60 Å². The lowest BCUT2D eigenvalue weighted by Gasteiger charge is -2.19. The maximum Gasteiger partial charge on any atom is 0.407 e. The van der Waals surface area contributed by atoms with Gasteiger partial charge in [0.15, 0.2) is 0 Å². The van der Waals surface area contributed by atoms with Crippen LogP contribution in [0.5, 0.6) is 0 Å². The molecule has 3 N–H and O–H groups in total. The van der Waals surface area contributed by atoms with Crippen molar-refractivity contribution >= 4 is 19.5 Å². The summed E-state index contributed by atoms with van der Waals surface area (Å²) in [7, 11) is -4.24. The number of hydrogen-bond donors (Lipinski definition) is 3. The standard InChI is InChI=1S/C12H24NO6P/c1-12(2,3)19-11(15)13-8-6-4-5-7-10(14)9-20(16,17)18/h4-9H2,1-3H3,(H,13,15)(H2,16,17,18). The lowest BCUT2D eigenvalue weighted by Crippen LogP contribution is -2.32. The number of ketones is 1. The zero-order valence-corrected chi connectivity index (χ0v) is 13.1. The number of amides is 1. The van der Waals surface area contributed by atoms with E-state index in [1.54, 1.807) is 20.8 Å². The fourth-order valence-corrected chi connectivity index (χ4v) is 2.05. The molecule has 0 aliphatic carbocycles. The van der Waals surface area contributed by atoms with Gasteiger partial charge in [0.05, 0.1) is 0 Å². The minimum atomic E-state index is -4.24. The summed E-state index contributed by atoms with van der Waals surface area (Å²) in [6, 6.07) is 0. The average Bonchev–Trinajstić information content (AvgIpc) is 2.17. The first kappa shape index (κ1) is 19.1. The van der Waals surface area contributed by atoms with E-state index in [0.717, 1.165) is 0 Å². The zero-order valence-electron chi connectivity index (χ0n) is 12.2. The predicted molar refractivity (Wildman–Crippen MR) is 74.6 cm³/mol. The summed E-state index contributed by atoms with van der Waals surface area (Å²) in [5, 5.41) is 2.59. The molecule has 0 saturated heterocycles. The number of alkyl carbamates (subject to hydrolysis) is 1. The number of nitrogens with one attached hydrogen (secondary N) is 1. The first-order valence-corrected chi connectivity index (χ1v) is 8.32. The molecule has 0 heterocycles. The Kier molecular flexibility index (Phi) is 8.01. The van der Waals surface area contributed by atoms with E-state index in [1.807, 2.05) is 0 Å². The molecule has 0 unspecified atom stereocenters. The molecule has 7 nitrogen and oxygen atoms in total. The molecule has 20 heavy (non-hydrogen) atoms. The SMILES string of the molecule is CC(C)(C)OC(=O)NCCCCCC(=O)CP(=O)(O)O. The van der Waals surface area contributed by atoms with E-state index in [1.165, 1.54) is 0 Å². The fraction of sp³-hybridized carbons (Fsp3) is 0.833. The molecule has 0 aromatic rings. The Morgan fingerprint density at radius 2 is 1.75 bits per heavy atom. The molecule has 0 spiro atoms. The van der Waals surface area contributed by atoms with E-state index >= 15 is 0 Å². The largest absolute Gasteiger partial charge is 0.444 e. The highest BCUT2D eigenvalue weighted by Gasteiger charge is 2.18. The summed E-state index contributed by atoms with van der Waals surface area (Å²) >= 11 is 0. The number of rotatable bonds is 8. The quantitative estimate of drug-likeness (QED) is 0.465. The van der Waals surface area contributed by atoms with Crippen LogP contribution in [0, 0.1) is 0 Å². The Morgan fingerprint density at radius 3 is 2.25 bits per heavy atom. The fourth-order valence-electron chi connectivity index (χ4n) is 1.44. The smallest absolute Gasteiger partial charge is 0.407 e. The van der Waals surface area contributed by atoms with E-state index in [0.29, 0.717) is 25.8 Å². The van der Waals surface area contributed by atoms with Crippen LogP contribution in [0.15, 0.2) is 0 Å². The van der Waals surface area contributed by atoms with Crippen molar-refractivity contribution in [3.63, 3.8) is 0 Å². The highest BCUT2D eigenvalue weighted by Crippen LogP contribution is 2.34. The topological polar surface area (TPSA) is 113 Å². The Morgan fingerprint density at radius 1 is 1.15 bits per heavy atom. The van der Waals surface area contributed by atoms with Crippen LogP contribution in [0.3, 0.4) is 0 Å². The van der Waals surface area contributed by atoms with Crippen molar-refractivity contribution in [2.24, 2.45) is 0 Å². The Balaban J connectivity index is 3.57. The Labute approximate surface area is 119 Å². The number of ether oxygens (including phenoxy) is 1. The van der Waals surface area contributed by atoms with E-state index in [2.05, 4.69) is 5.32 Å². The highest BCUT2D eigenvalue weighted by molar-refractivity contribution is 7.52. The second-order valence-corrected chi connectivity index (χ2v) is 7.25. The predicted octanol–water partition coefficient (Wildman–Crippen LogP) is 1.82. The number of carbonyl (C=O) groups is 2. The minimum absolute atomic E-state index is 0.150. The summed E-state index contributed by atoms with van der Waals surface area (Å²) in [5.41, 5.74) is -0.529. The molecule has 0 aliphatic rings. The molecular weight excluding hydrogens is 285 g/mol. The maximum absolute atomic E-state index is 11.3. The third kappa shape index (κ3) is 13.5. The van der Waals surface area contributed by atoms with Crippen LogP contribution in [0.4, 0.5) is 4.79 Å². The van der Waals surface area contributed by atoms with Gasteiger partial charge >= 0.3 is 13.7 Å². The van der Waals surface area contributed by atoms with Gasteiger partial charge in [0.1, 0.15) is 17.5 Å². The van der Waals surface area contributed by atoms with Crippen LogP contribution in [-0.4, -0.2) is 40.0 Å². The number of unbranched alkanes of at least 4 members (excludes halogenated alkanes) is 2. The van der Waals surface area contributed by atoms with Crippen molar-refractivity contribution in [1.29, 1.82) is 0 Å². The maximum atomic E-state index is 11.3. The summed E-state index contributed by atoms with van der Waals surface area (Å²) < 4.78 is 15.6. The van der Waals surface area contributed by atoms with Crippen LogP contribution in [0.1, 0.15) is 46.5 Å². The average molecular weight is 309 g/mol. The molecule has 0 fully saturated rings. The molecule has 0 aromatic carbocycles. The molecule has 0 bridgehead atoms. The highest BCUT2D eigenvalue weighted by atomic mass is 31.2. The first-order valence-electron chi connectivity index (χ1n) is 6.53. The van der Waals surface area contributed by atoms with Gasteiger partial charge in [0.2, 0.25) is 0 Å². The minimum Gasteiger partial charge on any atom is -0.444 e. The molecular formula is C12H24NO6P. The van der Waals surface area contributed by atoms with Crippen molar-refractivity contribution in [3.05, 3.63) is 0 Å². The number of hydrogen-bond acceptors (Lipinski definition) is 4. The summed E-state index contributed by atoms with van der Waals surface area (Å²) in [5.74, 6) is -0.432. The van der Waals surface area contributed by atoms with Gasteiger partial charge in [-0.25, -0.2) is 4.79 Å². The Hall–Kier alpha value is -0.910. The first-order chi connectivity index (χ1) is 8.99. The van der Waals surface area contributed by atoms with Crippen molar-refractivity contribution in [2.75, 3.05) is 12.7 Å². The molecule has 0 aromatic heterocycles. The van der Waals surface area contributed by atoms with Gasteiger partial charge < -0.3 is 19.8 Å². The number of Topliss-reactive ketones (excluding diaryl/α,β-unsaturated/α-hetero) is 1. The van der Waals surface area contributed by atoms with Crippen LogP contribution < -0.4 is 5.32 Å². The molecule has 0 rings (SSSR count). The third-order valence-electron chi connectivity index (χ3n) is 2.18. The molecule has 0 saturated carbocycles. The van der Waals surface area contributed by atoms with Gasteiger partial charge in [-0.15, -0.1) is 0 Å². The summed E-state index contributed by atoms with van der Waals surface area (Å²) in [6.45, 7) is 5.78. The summed E-state index contributed by atoms with van der Waals surface area (Å²) in [6.07, 6.45) is 0.913. The van der Waals surface area contributed by atoms with Crippen molar-refractivity contribution in [3.8, 4) is 0 Å². The van der Waals surface area contributed by atoms with E-state index in [9.17, 15) is 14.2 Å². The summed E-state index contributed by atoms with van der Waals surface area (Å²) in [4.78, 5) is 39.7. The molecule has 0 atom stereocenters. The van der Waals surface area contributed by atoms with Crippen molar-refractivity contribution < 1.29 is 28.7 Å². The van der Waals surface area contributed by atoms with Crippen molar-refractivity contribution in [1.82, 2.24) is 5.32 Å². The molecule has 8 heteroatoms. The van der Waals surface area contributed by atoms with Crippen LogP contribution in [0.25, 0.3) is 0 Å². The third-order valence-corrected chi connectivity index (χ3v) is 2.95. The molecule has 1 amide bonds. The molecule has 118 valence electrons. The normalized spacial score (nSPS) is 12.1. The zero-order chi connectivity index (χ0) is 15.8. The molecule has 0 aliphatic heterocycles. The van der Waals surface area contributed by atoms with Crippen molar-refractivity contribution in [2.45, 2.75) is 52.1 Å². The number of carbonyl (C=O) groups excluding carboxylic acids is 2. The second-order valence-electron chi connectivity index (χ2n) is 5.60. The Bertz CT molecular complexity index is 371. The molecule has 0 radical (unpaired) electrons. The van der Waals surface area contributed by atoms with Crippen LogP contribution in [-0.2, 0) is 14.1 Å². The second kappa shape index (κ2) is 8.39.